The molecule has 1 heterocycles. The zero-order chi connectivity index (χ0) is 9.14. The van der Waals surface area contributed by atoms with Crippen LogP contribution in [0.1, 0.15) is 18.7 Å². The second-order valence-electron chi connectivity index (χ2n) is 2.49. The van der Waals surface area contributed by atoms with E-state index in [2.05, 4.69) is 22.6 Å². The summed E-state index contributed by atoms with van der Waals surface area (Å²) in [5, 5.41) is 10.2. The highest BCUT2D eigenvalue weighted by atomic mass is 32.1. The summed E-state index contributed by atoms with van der Waals surface area (Å²) in [6.07, 6.45) is 1.22. The molecule has 1 N–H and O–H groups in total. The van der Waals surface area contributed by atoms with E-state index in [0.29, 0.717) is 11.6 Å². The number of hydrogen-bond donors (Lipinski definition) is 2. The molecule has 66 valence electrons. The van der Waals surface area contributed by atoms with E-state index < -0.39 is 4.92 Å². The fourth-order valence-corrected chi connectivity index (χ4v) is 0.929. The molecule has 0 aliphatic carbocycles. The van der Waals surface area contributed by atoms with E-state index in [0.717, 1.165) is 0 Å². The minimum absolute atomic E-state index is 0.0707. The zero-order valence-electron chi connectivity index (χ0n) is 6.52. The van der Waals surface area contributed by atoms with Crippen molar-refractivity contribution in [2.75, 3.05) is 5.75 Å². The molecule has 0 spiro atoms. The lowest BCUT2D eigenvalue weighted by atomic mass is 10.2. The van der Waals surface area contributed by atoms with Gasteiger partial charge in [0.2, 0.25) is 0 Å². The van der Waals surface area contributed by atoms with Crippen molar-refractivity contribution in [3.63, 3.8) is 0 Å². The number of aromatic amines is 1. The van der Waals surface area contributed by atoms with Crippen LogP contribution in [0.4, 0.5) is 5.82 Å². The highest BCUT2D eigenvalue weighted by molar-refractivity contribution is 7.80. The third-order valence-corrected chi connectivity index (χ3v) is 2.07. The molecule has 0 aliphatic rings. The van der Waals surface area contributed by atoms with Crippen molar-refractivity contribution in [1.29, 1.82) is 0 Å². The van der Waals surface area contributed by atoms with Crippen LogP contribution in [0.3, 0.4) is 0 Å². The second-order valence-corrected chi connectivity index (χ2v) is 2.86. The molecule has 0 radical (unpaired) electrons. The van der Waals surface area contributed by atoms with Crippen LogP contribution < -0.4 is 0 Å². The van der Waals surface area contributed by atoms with E-state index in [1.165, 1.54) is 6.20 Å². The van der Waals surface area contributed by atoms with E-state index in [1.807, 2.05) is 6.92 Å². The Hall–Kier alpha value is -1.04. The number of nitro groups is 1. The van der Waals surface area contributed by atoms with Gasteiger partial charge in [0.25, 0.3) is 0 Å². The number of H-pyrrole nitrogens is 1. The van der Waals surface area contributed by atoms with E-state index in [9.17, 15) is 10.1 Å². The lowest BCUT2D eigenvalue weighted by Gasteiger charge is -1.97. The number of thiol groups is 1. The van der Waals surface area contributed by atoms with Gasteiger partial charge in [0, 0.05) is 11.7 Å². The molecule has 0 saturated heterocycles. The van der Waals surface area contributed by atoms with Gasteiger partial charge in [0.1, 0.15) is 6.20 Å². The van der Waals surface area contributed by atoms with Crippen LogP contribution in [-0.2, 0) is 0 Å². The Morgan fingerprint density at radius 1 is 1.92 bits per heavy atom. The summed E-state index contributed by atoms with van der Waals surface area (Å²) in [6.45, 7) is 1.90. The topological polar surface area (TPSA) is 71.8 Å². The molecule has 0 aromatic carbocycles. The van der Waals surface area contributed by atoms with Gasteiger partial charge >= 0.3 is 5.82 Å². The Morgan fingerprint density at radius 3 is 3.00 bits per heavy atom. The summed E-state index contributed by atoms with van der Waals surface area (Å²) in [6, 6.07) is 0. The van der Waals surface area contributed by atoms with Gasteiger partial charge in [-0.15, -0.1) is 0 Å². The van der Waals surface area contributed by atoms with Crippen LogP contribution in [0.5, 0.6) is 0 Å². The number of aromatic nitrogens is 2. The van der Waals surface area contributed by atoms with Crippen molar-refractivity contribution in [2.24, 2.45) is 0 Å². The van der Waals surface area contributed by atoms with Crippen molar-refractivity contribution in [2.45, 2.75) is 12.8 Å². The summed E-state index contributed by atoms with van der Waals surface area (Å²) in [7, 11) is 0. The molecule has 1 rings (SSSR count). The predicted octanol–water partition coefficient (Wildman–Crippen LogP) is 1.35. The van der Waals surface area contributed by atoms with E-state index in [-0.39, 0.29) is 11.7 Å². The summed E-state index contributed by atoms with van der Waals surface area (Å²) < 4.78 is 0. The Morgan fingerprint density at radius 2 is 2.58 bits per heavy atom. The normalized spacial score (nSPS) is 12.8. The Bertz CT molecular complexity index is 286. The van der Waals surface area contributed by atoms with Gasteiger partial charge < -0.3 is 10.1 Å². The van der Waals surface area contributed by atoms with Gasteiger partial charge in [-0.3, -0.25) is 0 Å². The molecular weight excluding hydrogens is 178 g/mol. The molecule has 0 fully saturated rings. The summed E-state index contributed by atoms with van der Waals surface area (Å²) in [5.74, 6) is 1.27. The van der Waals surface area contributed by atoms with Crippen LogP contribution in [-0.4, -0.2) is 20.6 Å². The molecule has 1 aromatic heterocycles. The summed E-state index contributed by atoms with van der Waals surface area (Å²) in [4.78, 5) is 16.2. The predicted molar refractivity (Wildman–Crippen MR) is 47.5 cm³/mol. The van der Waals surface area contributed by atoms with Crippen molar-refractivity contribution < 1.29 is 4.92 Å². The molecular formula is C6H9N3O2S. The number of nitrogens with one attached hydrogen (secondary N) is 1. The molecule has 1 atom stereocenters. The van der Waals surface area contributed by atoms with Gasteiger partial charge in [-0.1, -0.05) is 6.92 Å². The molecule has 5 nitrogen and oxygen atoms in total. The highest BCUT2D eigenvalue weighted by Gasteiger charge is 2.14. The minimum atomic E-state index is -0.498. The van der Waals surface area contributed by atoms with Crippen molar-refractivity contribution >= 4 is 18.4 Å². The first-order valence-electron chi connectivity index (χ1n) is 3.45. The average Bonchev–Trinajstić information content (AvgIpc) is 2.51. The lowest BCUT2D eigenvalue weighted by molar-refractivity contribution is -0.389. The maximum Gasteiger partial charge on any atom is 0.340 e. The van der Waals surface area contributed by atoms with Crippen LogP contribution >= 0.6 is 12.6 Å². The molecule has 6 heteroatoms. The number of imidazole rings is 1. The number of nitrogens with zero attached hydrogens (tertiary/aromatic N) is 2. The first-order chi connectivity index (χ1) is 5.65. The maximum absolute atomic E-state index is 10.2. The third kappa shape index (κ3) is 1.76. The summed E-state index contributed by atoms with van der Waals surface area (Å²) >= 11 is 4.06. The van der Waals surface area contributed by atoms with Crippen LogP contribution in [0.2, 0.25) is 0 Å². The lowest BCUT2D eigenvalue weighted by Crippen LogP contribution is -1.97. The zero-order valence-corrected chi connectivity index (χ0v) is 7.41. The fraction of sp³-hybridized carbons (Fsp3) is 0.500. The van der Waals surface area contributed by atoms with Gasteiger partial charge in [0.05, 0.1) is 0 Å². The van der Waals surface area contributed by atoms with Gasteiger partial charge in [-0.25, -0.2) is 9.97 Å². The molecule has 12 heavy (non-hydrogen) atoms. The molecule has 1 unspecified atom stereocenters. The van der Waals surface area contributed by atoms with Crippen LogP contribution in [0.25, 0.3) is 0 Å². The van der Waals surface area contributed by atoms with Gasteiger partial charge in [-0.2, -0.15) is 12.6 Å². The smallest absolute Gasteiger partial charge is 0.340 e. The quantitative estimate of drug-likeness (QED) is 0.426. The fourth-order valence-electron chi connectivity index (χ4n) is 0.756. The van der Waals surface area contributed by atoms with Crippen molar-refractivity contribution in [3.8, 4) is 0 Å². The molecule has 0 amide bonds. The van der Waals surface area contributed by atoms with E-state index in [1.54, 1.807) is 0 Å². The largest absolute Gasteiger partial charge is 0.358 e. The van der Waals surface area contributed by atoms with Gasteiger partial charge in [-0.05, 0) is 4.92 Å². The Labute approximate surface area is 74.8 Å². The summed E-state index contributed by atoms with van der Waals surface area (Å²) in [5.41, 5.74) is 0. The number of hydrogen-bond acceptors (Lipinski definition) is 4. The minimum Gasteiger partial charge on any atom is -0.358 e. The molecule has 1 aromatic rings. The average molecular weight is 187 g/mol. The Kier molecular flexibility index (Phi) is 2.69. The van der Waals surface area contributed by atoms with Gasteiger partial charge in [0.15, 0.2) is 5.82 Å². The highest BCUT2D eigenvalue weighted by Crippen LogP contribution is 2.15. The first kappa shape index (κ1) is 9.05. The molecule has 0 aliphatic heterocycles. The van der Waals surface area contributed by atoms with E-state index in [4.69, 9.17) is 0 Å². The molecule has 0 saturated carbocycles. The SMILES string of the molecule is CC(CS)c1ncc([N+](=O)[O-])[nH]1. The van der Waals surface area contributed by atoms with Crippen molar-refractivity contribution in [1.82, 2.24) is 9.97 Å². The third-order valence-electron chi connectivity index (χ3n) is 1.52. The first-order valence-corrected chi connectivity index (χ1v) is 4.08. The monoisotopic (exact) mass is 187 g/mol. The Balaban J connectivity index is 2.84. The van der Waals surface area contributed by atoms with Crippen LogP contribution in [0, 0.1) is 10.1 Å². The van der Waals surface area contributed by atoms with Crippen LogP contribution in [0.15, 0.2) is 6.20 Å². The van der Waals surface area contributed by atoms with E-state index >= 15 is 0 Å². The maximum atomic E-state index is 10.2. The second kappa shape index (κ2) is 3.57. The van der Waals surface area contributed by atoms with Crippen molar-refractivity contribution in [3.05, 3.63) is 22.1 Å². The molecule has 0 bridgehead atoms. The standard InChI is InChI=1S/C6H9N3O2S/c1-4(3-12)6-7-2-5(8-6)9(10)11/h2,4,12H,3H2,1H3,(H,7,8). The number of rotatable bonds is 3.